The van der Waals surface area contributed by atoms with Crippen LogP contribution in [0.25, 0.3) is 10.9 Å². The normalized spacial score (nSPS) is 11.6. The maximum atomic E-state index is 12.5. The lowest BCUT2D eigenvalue weighted by molar-refractivity contribution is -0.140. The van der Waals surface area contributed by atoms with Crippen molar-refractivity contribution in [3.8, 4) is 0 Å². The van der Waals surface area contributed by atoms with E-state index in [0.29, 0.717) is 16.6 Å². The highest BCUT2D eigenvalue weighted by molar-refractivity contribution is 5.80. The average Bonchev–Trinajstić information content (AvgIpc) is 2.36. The molecule has 0 atom stereocenters. The molecule has 2 rings (SSSR count). The summed E-state index contributed by atoms with van der Waals surface area (Å²) in [5, 5.41) is 0.378. The Labute approximate surface area is 107 Å². The van der Waals surface area contributed by atoms with Crippen LogP contribution in [-0.2, 0) is 22.1 Å². The summed E-state index contributed by atoms with van der Waals surface area (Å²) in [6.07, 6.45) is -4.38. The molecule has 0 unspecified atom stereocenters. The molecule has 100 valence electrons. The lowest BCUT2D eigenvalue weighted by Gasteiger charge is -2.08. The number of pyridine rings is 1. The zero-order chi connectivity index (χ0) is 14.0. The Morgan fingerprint density at radius 3 is 2.63 bits per heavy atom. The van der Waals surface area contributed by atoms with Crippen molar-refractivity contribution in [2.75, 3.05) is 7.11 Å². The molecule has 1 aromatic carbocycles. The van der Waals surface area contributed by atoms with Crippen molar-refractivity contribution in [3.05, 3.63) is 41.6 Å². The zero-order valence-corrected chi connectivity index (χ0v) is 9.99. The maximum absolute atomic E-state index is 12.5. The summed E-state index contributed by atoms with van der Waals surface area (Å²) in [4.78, 5) is 15.2. The molecule has 0 aliphatic rings. The number of halogens is 3. The van der Waals surface area contributed by atoms with Crippen LogP contribution < -0.4 is 0 Å². The second-order valence-corrected chi connectivity index (χ2v) is 3.96. The molecule has 6 heteroatoms. The van der Waals surface area contributed by atoms with Gasteiger partial charge in [-0.1, -0.05) is 6.07 Å². The molecule has 0 aliphatic heterocycles. The van der Waals surface area contributed by atoms with Gasteiger partial charge in [-0.2, -0.15) is 13.2 Å². The van der Waals surface area contributed by atoms with Crippen molar-refractivity contribution < 1.29 is 22.7 Å². The number of fused-ring (bicyclic) bond motifs is 1. The Balaban J connectivity index is 2.38. The van der Waals surface area contributed by atoms with Gasteiger partial charge in [0.1, 0.15) is 0 Å². The van der Waals surface area contributed by atoms with Crippen LogP contribution in [0.3, 0.4) is 0 Å². The van der Waals surface area contributed by atoms with Crippen LogP contribution in [0.2, 0.25) is 0 Å². The van der Waals surface area contributed by atoms with E-state index in [1.807, 2.05) is 0 Å². The van der Waals surface area contributed by atoms with Crippen LogP contribution in [0, 0.1) is 0 Å². The molecule has 2 aromatic rings. The third-order valence-corrected chi connectivity index (χ3v) is 2.63. The third-order valence-electron chi connectivity index (χ3n) is 2.63. The van der Waals surface area contributed by atoms with Crippen LogP contribution in [0.15, 0.2) is 30.3 Å². The summed E-state index contributed by atoms with van der Waals surface area (Å²) in [5.41, 5.74) is 0.149. The van der Waals surface area contributed by atoms with Gasteiger partial charge < -0.3 is 4.74 Å². The highest BCUT2D eigenvalue weighted by Crippen LogP contribution is 2.31. The molecule has 0 bridgehead atoms. The Bertz CT molecular complexity index is 623. The van der Waals surface area contributed by atoms with Crippen molar-refractivity contribution in [2.24, 2.45) is 0 Å². The van der Waals surface area contributed by atoms with Crippen molar-refractivity contribution in [2.45, 2.75) is 12.6 Å². The van der Waals surface area contributed by atoms with Crippen molar-refractivity contribution in [1.82, 2.24) is 4.98 Å². The first-order valence-corrected chi connectivity index (χ1v) is 5.44. The predicted molar refractivity (Wildman–Crippen MR) is 62.5 cm³/mol. The Hall–Kier alpha value is -2.11. The fourth-order valence-corrected chi connectivity index (χ4v) is 1.66. The summed E-state index contributed by atoms with van der Waals surface area (Å²) in [6.45, 7) is 0. The van der Waals surface area contributed by atoms with E-state index in [4.69, 9.17) is 0 Å². The smallest absolute Gasteiger partial charge is 0.416 e. The fourth-order valence-electron chi connectivity index (χ4n) is 1.66. The van der Waals surface area contributed by atoms with Gasteiger partial charge in [0.2, 0.25) is 0 Å². The lowest BCUT2D eigenvalue weighted by atomic mass is 10.1. The number of benzene rings is 1. The number of aromatic nitrogens is 1. The fraction of sp³-hybridized carbons (Fsp3) is 0.231. The standard InChI is InChI=1S/C13H10F3NO2/c1-19-12(18)7-10-4-2-8-6-9(13(14,15)16)3-5-11(8)17-10/h2-6H,7H2,1H3. The molecule has 0 saturated heterocycles. The van der Waals surface area contributed by atoms with Gasteiger partial charge in [0, 0.05) is 5.39 Å². The topological polar surface area (TPSA) is 39.2 Å². The van der Waals surface area contributed by atoms with E-state index in [9.17, 15) is 18.0 Å². The predicted octanol–water partition coefficient (Wildman–Crippen LogP) is 2.97. The van der Waals surface area contributed by atoms with Gasteiger partial charge in [-0.05, 0) is 24.3 Å². The summed E-state index contributed by atoms with van der Waals surface area (Å²) >= 11 is 0. The number of hydrogen-bond donors (Lipinski definition) is 0. The first kappa shape index (κ1) is 13.3. The molecule has 0 radical (unpaired) electrons. The molecule has 0 amide bonds. The van der Waals surface area contributed by atoms with Crippen molar-refractivity contribution >= 4 is 16.9 Å². The quantitative estimate of drug-likeness (QED) is 0.787. The van der Waals surface area contributed by atoms with E-state index in [0.717, 1.165) is 12.1 Å². The second-order valence-electron chi connectivity index (χ2n) is 3.96. The number of rotatable bonds is 2. The molecule has 0 fully saturated rings. The van der Waals surface area contributed by atoms with E-state index in [2.05, 4.69) is 9.72 Å². The van der Waals surface area contributed by atoms with Crippen LogP contribution in [-0.4, -0.2) is 18.1 Å². The third kappa shape index (κ3) is 3.01. The maximum Gasteiger partial charge on any atom is 0.416 e. The SMILES string of the molecule is COC(=O)Cc1ccc2cc(C(F)(F)F)ccc2n1. The molecule has 19 heavy (non-hydrogen) atoms. The summed E-state index contributed by atoms with van der Waals surface area (Å²) < 4.78 is 42.1. The minimum absolute atomic E-state index is 0.00649. The van der Waals surface area contributed by atoms with Gasteiger partial charge in [0.15, 0.2) is 0 Å². The Morgan fingerprint density at radius 2 is 2.00 bits per heavy atom. The van der Waals surface area contributed by atoms with Crippen LogP contribution in [0.5, 0.6) is 0 Å². The molecule has 1 aromatic heterocycles. The second kappa shape index (κ2) is 4.87. The highest BCUT2D eigenvalue weighted by Gasteiger charge is 2.30. The van der Waals surface area contributed by atoms with Crippen LogP contribution in [0.1, 0.15) is 11.3 Å². The number of methoxy groups -OCH3 is 1. The summed E-state index contributed by atoms with van der Waals surface area (Å²) in [6, 6.07) is 6.32. The Morgan fingerprint density at radius 1 is 1.26 bits per heavy atom. The van der Waals surface area contributed by atoms with E-state index < -0.39 is 17.7 Å². The van der Waals surface area contributed by atoms with E-state index >= 15 is 0 Å². The number of carbonyl (C=O) groups is 1. The van der Waals surface area contributed by atoms with Gasteiger partial charge in [-0.25, -0.2) is 0 Å². The van der Waals surface area contributed by atoms with Gasteiger partial charge in [0.25, 0.3) is 0 Å². The molecule has 0 aliphatic carbocycles. The number of ether oxygens (including phenoxy) is 1. The highest BCUT2D eigenvalue weighted by atomic mass is 19.4. The van der Waals surface area contributed by atoms with Crippen LogP contribution >= 0.6 is 0 Å². The van der Waals surface area contributed by atoms with E-state index in [-0.39, 0.29) is 6.42 Å². The summed E-state index contributed by atoms with van der Waals surface area (Å²) in [7, 11) is 1.26. The van der Waals surface area contributed by atoms with Crippen molar-refractivity contribution in [3.63, 3.8) is 0 Å². The molecule has 0 spiro atoms. The number of carbonyl (C=O) groups excluding carboxylic acids is 1. The van der Waals surface area contributed by atoms with Crippen molar-refractivity contribution in [1.29, 1.82) is 0 Å². The number of esters is 1. The van der Waals surface area contributed by atoms with Crippen LogP contribution in [0.4, 0.5) is 13.2 Å². The first-order valence-electron chi connectivity index (χ1n) is 5.44. The first-order chi connectivity index (χ1) is 8.90. The molecule has 0 saturated carbocycles. The van der Waals surface area contributed by atoms with Gasteiger partial charge in [-0.3, -0.25) is 9.78 Å². The van der Waals surface area contributed by atoms with E-state index in [1.54, 1.807) is 0 Å². The van der Waals surface area contributed by atoms with E-state index in [1.165, 1.54) is 25.3 Å². The van der Waals surface area contributed by atoms with Gasteiger partial charge >= 0.3 is 12.1 Å². The zero-order valence-electron chi connectivity index (χ0n) is 9.99. The minimum Gasteiger partial charge on any atom is -0.469 e. The molecule has 0 N–H and O–H groups in total. The molecule has 1 heterocycles. The largest absolute Gasteiger partial charge is 0.469 e. The monoisotopic (exact) mass is 269 g/mol. The van der Waals surface area contributed by atoms with Gasteiger partial charge in [0.05, 0.1) is 30.3 Å². The summed E-state index contributed by atoms with van der Waals surface area (Å²) in [5.74, 6) is -0.446. The minimum atomic E-state index is -4.38. The van der Waals surface area contributed by atoms with Gasteiger partial charge in [-0.15, -0.1) is 0 Å². The lowest BCUT2D eigenvalue weighted by Crippen LogP contribution is -2.07. The number of alkyl halides is 3. The molecule has 3 nitrogen and oxygen atoms in total. The molecular formula is C13H10F3NO2. The Kier molecular flexibility index (Phi) is 3.42. The molecular weight excluding hydrogens is 259 g/mol. The number of hydrogen-bond acceptors (Lipinski definition) is 3. The number of nitrogens with zero attached hydrogens (tertiary/aromatic N) is 1. The average molecular weight is 269 g/mol.